The highest BCUT2D eigenvalue weighted by Crippen LogP contribution is 2.29. The van der Waals surface area contributed by atoms with Crippen molar-refractivity contribution in [2.24, 2.45) is 5.73 Å². The van der Waals surface area contributed by atoms with Crippen molar-refractivity contribution in [2.75, 3.05) is 0 Å². The molecule has 1 aliphatic rings. The van der Waals surface area contributed by atoms with E-state index in [4.69, 9.17) is 10.5 Å². The molecule has 1 heterocycles. The summed E-state index contributed by atoms with van der Waals surface area (Å²) in [6.07, 6.45) is 5.63. The molecule has 3 N–H and O–H groups in total. The van der Waals surface area contributed by atoms with E-state index in [1.807, 2.05) is 11.4 Å². The molecule has 0 fully saturated rings. The number of esters is 1. The lowest BCUT2D eigenvalue weighted by Gasteiger charge is -2.10. The number of nitrogens with one attached hydrogen (secondary N) is 1. The molecule has 7 heteroatoms. The van der Waals surface area contributed by atoms with Gasteiger partial charge in [0.2, 0.25) is 0 Å². The van der Waals surface area contributed by atoms with E-state index in [2.05, 4.69) is 0 Å². The van der Waals surface area contributed by atoms with Gasteiger partial charge < -0.3 is 10.5 Å². The molecule has 3 amide bonds. The summed E-state index contributed by atoms with van der Waals surface area (Å²) in [5.74, 6) is -1.26. The summed E-state index contributed by atoms with van der Waals surface area (Å²) < 4.78 is 5.09. The normalized spacial score (nSPS) is 15.9. The number of hydrogen-bond donors (Lipinski definition) is 2. The molecule has 0 spiro atoms. The molecular weight excluding hydrogens is 304 g/mol. The molecule has 0 saturated carbocycles. The molecule has 0 aliphatic heterocycles. The van der Waals surface area contributed by atoms with Crippen LogP contribution in [0, 0.1) is 0 Å². The van der Waals surface area contributed by atoms with Gasteiger partial charge in [0.05, 0.1) is 0 Å². The molecule has 22 heavy (non-hydrogen) atoms. The Morgan fingerprint density at radius 3 is 2.59 bits per heavy atom. The molecule has 0 aromatic carbocycles. The fraction of sp³-hybridized carbons (Fsp3) is 0.533. The molecule has 120 valence electrons. The van der Waals surface area contributed by atoms with Gasteiger partial charge >= 0.3 is 12.0 Å². The Kier molecular flexibility index (Phi) is 5.54. The lowest BCUT2D eigenvalue weighted by Crippen LogP contribution is -2.42. The van der Waals surface area contributed by atoms with Crippen LogP contribution in [0.15, 0.2) is 6.07 Å². The van der Waals surface area contributed by atoms with Crippen LogP contribution in [0.5, 0.6) is 0 Å². The third kappa shape index (κ3) is 4.30. The lowest BCUT2D eigenvalue weighted by atomic mass is 10.00. The van der Waals surface area contributed by atoms with Crippen LogP contribution in [0.4, 0.5) is 4.79 Å². The fourth-order valence-electron chi connectivity index (χ4n) is 2.44. The van der Waals surface area contributed by atoms with Crippen molar-refractivity contribution in [3.05, 3.63) is 21.4 Å². The highest BCUT2D eigenvalue weighted by atomic mass is 32.1. The van der Waals surface area contributed by atoms with E-state index in [0.717, 1.165) is 25.7 Å². The number of hydrogen-bond acceptors (Lipinski definition) is 5. The van der Waals surface area contributed by atoms with E-state index in [9.17, 15) is 14.4 Å². The van der Waals surface area contributed by atoms with Crippen molar-refractivity contribution in [3.63, 3.8) is 0 Å². The molecule has 0 bridgehead atoms. The topological polar surface area (TPSA) is 98.5 Å². The van der Waals surface area contributed by atoms with E-state index in [1.165, 1.54) is 41.5 Å². The SMILES string of the molecule is C[C@@H](OC(=O)c1cc2c(s1)CCCCCC2)C(=O)NC(N)=O. The highest BCUT2D eigenvalue weighted by Gasteiger charge is 2.22. The molecule has 1 aliphatic carbocycles. The molecular formula is C15H20N2O4S. The number of amides is 3. The van der Waals surface area contributed by atoms with Crippen molar-refractivity contribution >= 4 is 29.2 Å². The Hall–Kier alpha value is -1.89. The standard InChI is InChI=1S/C15H20N2O4S/c1-9(13(18)17-15(16)20)21-14(19)12-8-10-6-4-2-3-5-7-11(10)22-12/h8-9H,2-7H2,1H3,(H3,16,17,18,20)/t9-/m1/s1. The van der Waals surface area contributed by atoms with Crippen molar-refractivity contribution < 1.29 is 19.1 Å². The van der Waals surface area contributed by atoms with Crippen molar-refractivity contribution in [3.8, 4) is 0 Å². The molecule has 1 aromatic heterocycles. The number of nitrogens with two attached hydrogens (primary N) is 1. The zero-order valence-corrected chi connectivity index (χ0v) is 13.3. The Bertz CT molecular complexity index is 557. The van der Waals surface area contributed by atoms with Crippen molar-refractivity contribution in [2.45, 2.75) is 51.6 Å². The van der Waals surface area contributed by atoms with Gasteiger partial charge in [0, 0.05) is 4.88 Å². The number of rotatable bonds is 3. The maximum absolute atomic E-state index is 12.1. The number of carbonyl (C=O) groups excluding carboxylic acids is 3. The Balaban J connectivity index is 2.02. The van der Waals surface area contributed by atoms with Crippen LogP contribution >= 0.6 is 11.3 Å². The minimum absolute atomic E-state index is 0.505. The summed E-state index contributed by atoms with van der Waals surface area (Å²) in [5.41, 5.74) is 6.07. The first-order chi connectivity index (χ1) is 10.5. The predicted octanol–water partition coefficient (Wildman–Crippen LogP) is 2.15. The number of fused-ring (bicyclic) bond motifs is 1. The van der Waals surface area contributed by atoms with E-state index in [1.54, 1.807) is 0 Å². The average molecular weight is 324 g/mol. The van der Waals surface area contributed by atoms with E-state index in [-0.39, 0.29) is 0 Å². The minimum Gasteiger partial charge on any atom is -0.448 e. The maximum Gasteiger partial charge on any atom is 0.349 e. The number of primary amides is 1. The molecule has 0 saturated heterocycles. The number of carbonyl (C=O) groups is 3. The summed E-state index contributed by atoms with van der Waals surface area (Å²) in [4.78, 5) is 36.0. The van der Waals surface area contributed by atoms with Crippen molar-refractivity contribution in [1.82, 2.24) is 5.32 Å². The number of aryl methyl sites for hydroxylation is 2. The smallest absolute Gasteiger partial charge is 0.349 e. The zero-order chi connectivity index (χ0) is 16.1. The largest absolute Gasteiger partial charge is 0.448 e. The third-order valence-corrected chi connectivity index (χ3v) is 4.81. The van der Waals surface area contributed by atoms with Gasteiger partial charge in [0.15, 0.2) is 6.10 Å². The molecule has 0 radical (unpaired) electrons. The molecule has 6 nitrogen and oxygen atoms in total. The van der Waals surface area contributed by atoms with Gasteiger partial charge in [-0.2, -0.15) is 0 Å². The number of urea groups is 1. The van der Waals surface area contributed by atoms with Crippen LogP contribution in [0.3, 0.4) is 0 Å². The van der Waals surface area contributed by atoms with Crippen LogP contribution < -0.4 is 11.1 Å². The van der Waals surface area contributed by atoms with Gasteiger partial charge in [-0.3, -0.25) is 10.1 Å². The van der Waals surface area contributed by atoms with Crippen LogP contribution in [-0.4, -0.2) is 24.0 Å². The summed E-state index contributed by atoms with van der Waals surface area (Å²) in [7, 11) is 0. The second kappa shape index (κ2) is 7.40. The lowest BCUT2D eigenvalue weighted by molar-refractivity contribution is -0.127. The quantitative estimate of drug-likeness (QED) is 0.832. The van der Waals surface area contributed by atoms with Gasteiger partial charge in [-0.15, -0.1) is 11.3 Å². The predicted molar refractivity (Wildman–Crippen MR) is 82.8 cm³/mol. The summed E-state index contributed by atoms with van der Waals surface area (Å²) in [6.45, 7) is 1.40. The van der Waals surface area contributed by atoms with Crippen LogP contribution in [0.2, 0.25) is 0 Å². The molecule has 1 aromatic rings. The van der Waals surface area contributed by atoms with Crippen LogP contribution in [0.1, 0.15) is 52.7 Å². The Labute approximate surface area is 133 Å². The van der Waals surface area contributed by atoms with Gasteiger partial charge in [-0.1, -0.05) is 12.8 Å². The maximum atomic E-state index is 12.1. The van der Waals surface area contributed by atoms with E-state index < -0.39 is 24.0 Å². The first-order valence-corrected chi connectivity index (χ1v) is 8.22. The molecule has 0 unspecified atom stereocenters. The van der Waals surface area contributed by atoms with Crippen molar-refractivity contribution in [1.29, 1.82) is 0 Å². The second-order valence-electron chi connectivity index (χ2n) is 5.37. The fourth-order valence-corrected chi connectivity index (χ4v) is 3.58. The van der Waals surface area contributed by atoms with Crippen LogP contribution in [-0.2, 0) is 22.4 Å². The first-order valence-electron chi connectivity index (χ1n) is 7.40. The third-order valence-electron chi connectivity index (χ3n) is 3.60. The molecule has 1 atom stereocenters. The average Bonchev–Trinajstić information content (AvgIpc) is 2.80. The summed E-state index contributed by atoms with van der Waals surface area (Å²) >= 11 is 1.44. The van der Waals surface area contributed by atoms with Gasteiger partial charge in [0.1, 0.15) is 4.88 Å². The summed E-state index contributed by atoms with van der Waals surface area (Å²) in [5, 5.41) is 1.89. The minimum atomic E-state index is -1.07. The van der Waals surface area contributed by atoms with Gasteiger partial charge in [0.25, 0.3) is 5.91 Å². The second-order valence-corrected chi connectivity index (χ2v) is 6.51. The highest BCUT2D eigenvalue weighted by molar-refractivity contribution is 7.14. The Morgan fingerprint density at radius 2 is 1.91 bits per heavy atom. The van der Waals surface area contributed by atoms with Crippen LogP contribution in [0.25, 0.3) is 0 Å². The first kappa shape index (κ1) is 16.5. The zero-order valence-electron chi connectivity index (χ0n) is 12.5. The van der Waals surface area contributed by atoms with Gasteiger partial charge in [-0.25, -0.2) is 9.59 Å². The number of imide groups is 1. The Morgan fingerprint density at radius 1 is 1.23 bits per heavy atom. The molecule has 2 rings (SSSR count). The monoisotopic (exact) mass is 324 g/mol. The van der Waals surface area contributed by atoms with Gasteiger partial charge in [-0.05, 0) is 44.2 Å². The number of thiophene rings is 1. The number of ether oxygens (including phenoxy) is 1. The summed E-state index contributed by atoms with van der Waals surface area (Å²) in [6, 6.07) is 0.902. The van der Waals surface area contributed by atoms with E-state index >= 15 is 0 Å². The van der Waals surface area contributed by atoms with E-state index in [0.29, 0.717) is 4.88 Å².